The fourth-order valence-electron chi connectivity index (χ4n) is 1.60. The fourth-order valence-corrected chi connectivity index (χ4v) is 1.60. The molecule has 0 atom stereocenters. The maximum Gasteiger partial charge on any atom is 0.271 e. The lowest BCUT2D eigenvalue weighted by atomic mass is 10.1. The number of aromatic nitrogens is 1. The van der Waals surface area contributed by atoms with Crippen molar-refractivity contribution in [2.24, 2.45) is 5.73 Å². The lowest BCUT2D eigenvalue weighted by molar-refractivity contribution is 0.0992. The van der Waals surface area contributed by atoms with Crippen LogP contribution in [0.2, 0.25) is 0 Å². The summed E-state index contributed by atoms with van der Waals surface area (Å²) in [6.07, 6.45) is 1.52. The Bertz CT molecular complexity index is 544. The van der Waals surface area contributed by atoms with Crippen molar-refractivity contribution in [2.75, 3.05) is 0 Å². The van der Waals surface area contributed by atoms with Crippen molar-refractivity contribution in [2.45, 2.75) is 20.0 Å². The summed E-state index contributed by atoms with van der Waals surface area (Å²) < 4.78 is 10.3. The molecule has 1 amide bonds. The van der Waals surface area contributed by atoms with Crippen LogP contribution < -0.4 is 10.5 Å². The summed E-state index contributed by atoms with van der Waals surface area (Å²) in [5, 5.41) is 3.58. The van der Waals surface area contributed by atoms with Gasteiger partial charge in [0.2, 0.25) is 0 Å². The second-order valence-corrected chi connectivity index (χ2v) is 4.13. The molecule has 94 valence electrons. The van der Waals surface area contributed by atoms with E-state index in [0.717, 1.165) is 11.3 Å². The molecule has 2 aromatic rings. The highest BCUT2D eigenvalue weighted by Gasteiger charge is 2.14. The van der Waals surface area contributed by atoms with E-state index in [0.29, 0.717) is 5.56 Å². The van der Waals surface area contributed by atoms with E-state index in [1.807, 2.05) is 38.1 Å². The van der Waals surface area contributed by atoms with Crippen molar-refractivity contribution in [3.63, 3.8) is 0 Å². The van der Waals surface area contributed by atoms with Crippen molar-refractivity contribution in [3.05, 3.63) is 36.2 Å². The molecule has 1 aromatic heterocycles. The molecule has 1 heterocycles. The zero-order valence-electron chi connectivity index (χ0n) is 10.2. The van der Waals surface area contributed by atoms with Crippen LogP contribution in [0.4, 0.5) is 0 Å². The maximum absolute atomic E-state index is 11.1. The van der Waals surface area contributed by atoms with Crippen LogP contribution >= 0.6 is 0 Å². The molecule has 18 heavy (non-hydrogen) atoms. The van der Waals surface area contributed by atoms with E-state index in [1.54, 1.807) is 0 Å². The van der Waals surface area contributed by atoms with Gasteiger partial charge in [-0.15, -0.1) is 0 Å². The number of carbonyl (C=O) groups excluding carboxylic acids is 1. The Balaban J connectivity index is 2.29. The number of carbonyl (C=O) groups is 1. The number of primary amides is 1. The Kier molecular flexibility index (Phi) is 3.32. The number of hydrogen-bond acceptors (Lipinski definition) is 4. The number of amides is 1. The first-order valence-electron chi connectivity index (χ1n) is 5.59. The molecule has 0 saturated carbocycles. The van der Waals surface area contributed by atoms with Gasteiger partial charge in [-0.25, -0.2) is 0 Å². The summed E-state index contributed by atoms with van der Waals surface area (Å²) in [4.78, 5) is 11.1. The Morgan fingerprint density at radius 3 is 2.56 bits per heavy atom. The first-order valence-corrected chi connectivity index (χ1v) is 5.59. The molecule has 1 aromatic carbocycles. The molecule has 0 aliphatic carbocycles. The minimum absolute atomic E-state index is 0.118. The molecular weight excluding hydrogens is 232 g/mol. The highest BCUT2D eigenvalue weighted by atomic mass is 16.5. The number of rotatable bonds is 4. The van der Waals surface area contributed by atoms with Crippen LogP contribution in [0, 0.1) is 0 Å². The van der Waals surface area contributed by atoms with Crippen molar-refractivity contribution < 1.29 is 14.1 Å². The lowest BCUT2D eigenvalue weighted by Crippen LogP contribution is -2.12. The zero-order valence-corrected chi connectivity index (χ0v) is 10.2. The second kappa shape index (κ2) is 4.91. The normalized spacial score (nSPS) is 10.6. The first kappa shape index (κ1) is 12.2. The third-order valence-electron chi connectivity index (χ3n) is 2.34. The van der Waals surface area contributed by atoms with E-state index >= 15 is 0 Å². The van der Waals surface area contributed by atoms with E-state index in [2.05, 4.69) is 5.16 Å². The summed E-state index contributed by atoms with van der Waals surface area (Å²) in [6, 6.07) is 7.31. The van der Waals surface area contributed by atoms with Gasteiger partial charge in [-0.05, 0) is 31.5 Å². The summed E-state index contributed by atoms with van der Waals surface area (Å²) in [5.74, 6) is 0.159. The Hall–Kier alpha value is -2.30. The average molecular weight is 246 g/mol. The van der Waals surface area contributed by atoms with Crippen molar-refractivity contribution in [3.8, 4) is 16.9 Å². The van der Waals surface area contributed by atoms with Crippen LogP contribution in [-0.4, -0.2) is 17.2 Å². The van der Waals surface area contributed by atoms with E-state index in [-0.39, 0.29) is 11.8 Å². The molecule has 0 bridgehead atoms. The minimum atomic E-state index is -0.610. The van der Waals surface area contributed by atoms with Gasteiger partial charge in [0, 0.05) is 0 Å². The maximum atomic E-state index is 11.1. The van der Waals surface area contributed by atoms with Crippen LogP contribution in [0.25, 0.3) is 11.1 Å². The summed E-state index contributed by atoms with van der Waals surface area (Å²) in [6.45, 7) is 3.91. The first-order chi connectivity index (χ1) is 8.58. The zero-order chi connectivity index (χ0) is 13.1. The van der Waals surface area contributed by atoms with E-state index in [9.17, 15) is 4.79 Å². The molecule has 2 rings (SSSR count). The topological polar surface area (TPSA) is 78.3 Å². The van der Waals surface area contributed by atoms with Gasteiger partial charge >= 0.3 is 0 Å². The Labute approximate surface area is 105 Å². The van der Waals surface area contributed by atoms with Gasteiger partial charge in [0.1, 0.15) is 12.0 Å². The number of nitrogens with two attached hydrogens (primary N) is 1. The monoisotopic (exact) mass is 246 g/mol. The smallest absolute Gasteiger partial charge is 0.271 e. The molecule has 5 heteroatoms. The van der Waals surface area contributed by atoms with Crippen LogP contribution in [0.5, 0.6) is 5.75 Å². The molecule has 0 saturated heterocycles. The molecular formula is C13H14N2O3. The number of ether oxygens (including phenoxy) is 1. The summed E-state index contributed by atoms with van der Waals surface area (Å²) in [7, 11) is 0. The Morgan fingerprint density at radius 2 is 2.00 bits per heavy atom. The number of nitrogens with zero attached hydrogens (tertiary/aromatic N) is 1. The third kappa shape index (κ3) is 2.51. The highest BCUT2D eigenvalue weighted by molar-refractivity contribution is 5.97. The molecule has 0 spiro atoms. The van der Waals surface area contributed by atoms with Gasteiger partial charge < -0.3 is 15.0 Å². The van der Waals surface area contributed by atoms with E-state index in [1.165, 1.54) is 6.26 Å². The highest BCUT2D eigenvalue weighted by Crippen LogP contribution is 2.25. The van der Waals surface area contributed by atoms with Crippen molar-refractivity contribution >= 4 is 5.91 Å². The number of hydrogen-bond donors (Lipinski definition) is 1. The predicted octanol–water partition coefficient (Wildman–Crippen LogP) is 2.23. The fraction of sp³-hybridized carbons (Fsp3) is 0.231. The van der Waals surface area contributed by atoms with Gasteiger partial charge in [-0.2, -0.15) is 0 Å². The average Bonchev–Trinajstić information content (AvgIpc) is 2.78. The van der Waals surface area contributed by atoms with Crippen LogP contribution in [0.3, 0.4) is 0 Å². The van der Waals surface area contributed by atoms with Gasteiger partial charge in [0.05, 0.1) is 11.7 Å². The summed E-state index contributed by atoms with van der Waals surface area (Å²) in [5.41, 5.74) is 6.73. The van der Waals surface area contributed by atoms with Crippen LogP contribution in [-0.2, 0) is 0 Å². The largest absolute Gasteiger partial charge is 0.491 e. The summed E-state index contributed by atoms with van der Waals surface area (Å²) >= 11 is 0. The van der Waals surface area contributed by atoms with E-state index < -0.39 is 5.91 Å². The molecule has 2 N–H and O–H groups in total. The van der Waals surface area contributed by atoms with Crippen LogP contribution in [0.1, 0.15) is 24.3 Å². The minimum Gasteiger partial charge on any atom is -0.491 e. The van der Waals surface area contributed by atoms with Gasteiger partial charge in [0.25, 0.3) is 5.91 Å². The quantitative estimate of drug-likeness (QED) is 0.897. The lowest BCUT2D eigenvalue weighted by Gasteiger charge is -2.09. The van der Waals surface area contributed by atoms with E-state index in [4.69, 9.17) is 15.0 Å². The number of benzene rings is 1. The van der Waals surface area contributed by atoms with Crippen molar-refractivity contribution in [1.29, 1.82) is 0 Å². The predicted molar refractivity (Wildman–Crippen MR) is 66.2 cm³/mol. The molecule has 0 fully saturated rings. The van der Waals surface area contributed by atoms with Gasteiger partial charge in [-0.3, -0.25) is 4.79 Å². The third-order valence-corrected chi connectivity index (χ3v) is 2.34. The Morgan fingerprint density at radius 1 is 1.33 bits per heavy atom. The van der Waals surface area contributed by atoms with Gasteiger partial charge in [-0.1, -0.05) is 17.3 Å². The molecule has 0 aliphatic rings. The standard InChI is InChI=1S/C13H14N2O3/c1-8(2)18-10-5-3-9(4-6-10)11-7-17-15-12(11)13(14)16/h3-8H,1-2H3,(H2,14,16). The molecule has 0 aliphatic heterocycles. The molecule has 0 radical (unpaired) electrons. The SMILES string of the molecule is CC(C)Oc1ccc(-c2conc2C(N)=O)cc1. The van der Waals surface area contributed by atoms with Gasteiger partial charge in [0.15, 0.2) is 5.69 Å². The van der Waals surface area contributed by atoms with Crippen LogP contribution in [0.15, 0.2) is 35.1 Å². The molecule has 0 unspecified atom stereocenters. The van der Waals surface area contributed by atoms with Crippen molar-refractivity contribution in [1.82, 2.24) is 5.16 Å². The molecule has 5 nitrogen and oxygen atoms in total. The second-order valence-electron chi connectivity index (χ2n) is 4.13.